The quantitative estimate of drug-likeness (QED) is 0.508. The number of carbonyl (C=O) groups excluding carboxylic acids is 2. The zero-order chi connectivity index (χ0) is 19.8. The second kappa shape index (κ2) is 9.85. The lowest BCUT2D eigenvalue weighted by molar-refractivity contribution is -0.116. The van der Waals surface area contributed by atoms with Gasteiger partial charge in [-0.3, -0.25) is 14.9 Å². The van der Waals surface area contributed by atoms with Gasteiger partial charge in [-0.2, -0.15) is 0 Å². The van der Waals surface area contributed by atoms with E-state index in [1.807, 2.05) is 31.2 Å². The molecule has 2 rings (SSSR count). The van der Waals surface area contributed by atoms with Gasteiger partial charge in [-0.15, -0.1) is 0 Å². The Morgan fingerprint density at radius 1 is 1.07 bits per heavy atom. The van der Waals surface area contributed by atoms with Crippen LogP contribution in [-0.2, 0) is 9.59 Å². The Hall–Kier alpha value is -2.70. The fraction of sp³-hybridized carbons (Fsp3) is 0.150. The number of carbonyl (C=O) groups is 2. The van der Waals surface area contributed by atoms with E-state index in [9.17, 15) is 9.59 Å². The van der Waals surface area contributed by atoms with Crippen LogP contribution in [0.4, 0.5) is 11.4 Å². The Bertz CT molecular complexity index is 879. The van der Waals surface area contributed by atoms with E-state index in [1.165, 1.54) is 6.08 Å². The summed E-state index contributed by atoms with van der Waals surface area (Å²) in [6.45, 7) is 3.65. The van der Waals surface area contributed by atoms with Crippen molar-refractivity contribution in [3.8, 4) is 0 Å². The molecule has 0 aliphatic heterocycles. The topological polar surface area (TPSA) is 70.2 Å². The Morgan fingerprint density at radius 3 is 2.33 bits per heavy atom. The van der Waals surface area contributed by atoms with Gasteiger partial charge in [-0.05, 0) is 60.6 Å². The molecule has 0 saturated heterocycles. The van der Waals surface area contributed by atoms with Crippen molar-refractivity contribution in [3.05, 3.63) is 64.7 Å². The second-order valence-corrected chi connectivity index (χ2v) is 6.55. The van der Waals surface area contributed by atoms with Crippen molar-refractivity contribution in [2.75, 3.05) is 10.6 Å². The fourth-order valence-electron chi connectivity index (χ4n) is 2.20. The molecular formula is C20H20ClN3O2S. The average molecular weight is 402 g/mol. The summed E-state index contributed by atoms with van der Waals surface area (Å²) >= 11 is 11.0. The second-order valence-electron chi connectivity index (χ2n) is 5.71. The van der Waals surface area contributed by atoms with E-state index >= 15 is 0 Å². The summed E-state index contributed by atoms with van der Waals surface area (Å²) in [5.74, 6) is -0.422. The van der Waals surface area contributed by atoms with Crippen LogP contribution in [0.25, 0.3) is 6.08 Å². The molecule has 27 heavy (non-hydrogen) atoms. The van der Waals surface area contributed by atoms with Crippen LogP contribution in [-0.4, -0.2) is 16.9 Å². The highest BCUT2D eigenvalue weighted by Gasteiger charge is 2.08. The number of anilines is 2. The molecule has 3 N–H and O–H groups in total. The van der Waals surface area contributed by atoms with Gasteiger partial charge in [0.15, 0.2) is 5.11 Å². The first kappa shape index (κ1) is 20.6. The van der Waals surface area contributed by atoms with Crippen molar-refractivity contribution in [2.24, 2.45) is 0 Å². The summed E-state index contributed by atoms with van der Waals surface area (Å²) in [5, 5.41) is 9.19. The molecule has 0 aromatic heterocycles. The average Bonchev–Trinajstić information content (AvgIpc) is 2.64. The lowest BCUT2D eigenvalue weighted by Crippen LogP contribution is -2.33. The first-order valence-corrected chi connectivity index (χ1v) is 9.12. The first-order valence-electron chi connectivity index (χ1n) is 8.34. The number of hydrogen-bond donors (Lipinski definition) is 3. The highest BCUT2D eigenvalue weighted by Crippen LogP contribution is 2.23. The van der Waals surface area contributed by atoms with Gasteiger partial charge in [0.2, 0.25) is 11.8 Å². The number of halogens is 1. The minimum atomic E-state index is -0.351. The summed E-state index contributed by atoms with van der Waals surface area (Å²) < 4.78 is 0. The minimum Gasteiger partial charge on any atom is -0.332 e. The van der Waals surface area contributed by atoms with Gasteiger partial charge in [0.25, 0.3) is 0 Å². The smallest absolute Gasteiger partial charge is 0.250 e. The van der Waals surface area contributed by atoms with Crippen molar-refractivity contribution in [1.82, 2.24) is 5.32 Å². The molecule has 0 aliphatic rings. The van der Waals surface area contributed by atoms with E-state index in [0.29, 0.717) is 22.8 Å². The van der Waals surface area contributed by atoms with Gasteiger partial charge in [0, 0.05) is 28.9 Å². The molecule has 140 valence electrons. The van der Waals surface area contributed by atoms with E-state index in [-0.39, 0.29) is 16.9 Å². The monoisotopic (exact) mass is 401 g/mol. The predicted molar refractivity (Wildman–Crippen MR) is 115 cm³/mol. The summed E-state index contributed by atoms with van der Waals surface area (Å²) in [5.41, 5.74) is 3.08. The normalized spacial score (nSPS) is 10.5. The number of amides is 2. The third-order valence-electron chi connectivity index (χ3n) is 3.71. The predicted octanol–water partition coefficient (Wildman–Crippen LogP) is 4.52. The van der Waals surface area contributed by atoms with Gasteiger partial charge >= 0.3 is 0 Å². The molecule has 2 amide bonds. The summed E-state index contributed by atoms with van der Waals surface area (Å²) in [6, 6.07) is 12.5. The van der Waals surface area contributed by atoms with Crippen LogP contribution in [0.5, 0.6) is 0 Å². The van der Waals surface area contributed by atoms with E-state index in [0.717, 1.165) is 11.1 Å². The molecule has 5 nitrogen and oxygen atoms in total. The fourth-order valence-corrected chi connectivity index (χ4v) is 2.53. The summed E-state index contributed by atoms with van der Waals surface area (Å²) in [6.07, 6.45) is 3.45. The van der Waals surface area contributed by atoms with Crippen LogP contribution in [0.2, 0.25) is 5.02 Å². The van der Waals surface area contributed by atoms with Gasteiger partial charge in [0.1, 0.15) is 0 Å². The molecular weight excluding hydrogens is 382 g/mol. The van der Waals surface area contributed by atoms with E-state index in [1.54, 1.807) is 31.2 Å². The molecule has 7 heteroatoms. The number of benzene rings is 2. The maximum atomic E-state index is 12.0. The van der Waals surface area contributed by atoms with E-state index < -0.39 is 0 Å². The zero-order valence-corrected chi connectivity index (χ0v) is 16.6. The number of nitrogens with one attached hydrogen (secondary N) is 3. The summed E-state index contributed by atoms with van der Waals surface area (Å²) in [4.78, 5) is 23.6. The van der Waals surface area contributed by atoms with Gasteiger partial charge in [0.05, 0.1) is 0 Å². The Balaban J connectivity index is 1.96. The number of thiocarbonyl (C=S) groups is 1. The van der Waals surface area contributed by atoms with Crippen LogP contribution < -0.4 is 16.0 Å². The molecule has 0 heterocycles. The Labute approximate surface area is 168 Å². The highest BCUT2D eigenvalue weighted by molar-refractivity contribution is 7.80. The summed E-state index contributed by atoms with van der Waals surface area (Å²) in [7, 11) is 0. The van der Waals surface area contributed by atoms with Crippen molar-refractivity contribution in [2.45, 2.75) is 20.3 Å². The van der Waals surface area contributed by atoms with Crippen LogP contribution in [0.3, 0.4) is 0 Å². The zero-order valence-electron chi connectivity index (χ0n) is 15.0. The van der Waals surface area contributed by atoms with Crippen LogP contribution >= 0.6 is 23.8 Å². The first-order chi connectivity index (χ1) is 12.9. The minimum absolute atomic E-state index is 0.0709. The molecule has 0 bridgehead atoms. The molecule has 2 aromatic rings. The highest BCUT2D eigenvalue weighted by atomic mass is 35.5. The molecule has 0 fully saturated rings. The van der Waals surface area contributed by atoms with Gasteiger partial charge in [-0.1, -0.05) is 36.7 Å². The van der Waals surface area contributed by atoms with Crippen LogP contribution in [0, 0.1) is 6.92 Å². The van der Waals surface area contributed by atoms with Crippen molar-refractivity contribution >= 4 is 58.2 Å². The van der Waals surface area contributed by atoms with Gasteiger partial charge < -0.3 is 10.6 Å². The van der Waals surface area contributed by atoms with Crippen molar-refractivity contribution < 1.29 is 9.59 Å². The Morgan fingerprint density at radius 2 is 1.70 bits per heavy atom. The molecule has 0 atom stereocenters. The Kier molecular flexibility index (Phi) is 7.52. The van der Waals surface area contributed by atoms with E-state index in [2.05, 4.69) is 16.0 Å². The third-order valence-corrected chi connectivity index (χ3v) is 4.17. The third kappa shape index (κ3) is 6.51. The lowest BCUT2D eigenvalue weighted by Gasteiger charge is -2.14. The van der Waals surface area contributed by atoms with Gasteiger partial charge in [-0.25, -0.2) is 0 Å². The van der Waals surface area contributed by atoms with Crippen molar-refractivity contribution in [3.63, 3.8) is 0 Å². The standard InChI is InChI=1S/C20H20ClN3O2S/c1-3-18(25)22-16-5-4-6-17(13(16)2)23-20(27)24-19(26)12-9-14-7-10-15(21)11-8-14/h4-12H,3H2,1-2H3,(H,22,25)(H2,23,24,26,27)/b12-9+. The number of hydrogen-bond acceptors (Lipinski definition) is 3. The molecule has 0 aliphatic carbocycles. The SMILES string of the molecule is CCC(=O)Nc1cccc(NC(=S)NC(=O)/C=C/c2ccc(Cl)cc2)c1C. The molecule has 2 aromatic carbocycles. The maximum Gasteiger partial charge on any atom is 0.250 e. The number of rotatable bonds is 5. The molecule has 0 radical (unpaired) electrons. The molecule has 0 unspecified atom stereocenters. The van der Waals surface area contributed by atoms with Crippen molar-refractivity contribution in [1.29, 1.82) is 0 Å². The van der Waals surface area contributed by atoms with Crippen LogP contribution in [0.15, 0.2) is 48.5 Å². The van der Waals surface area contributed by atoms with Crippen LogP contribution in [0.1, 0.15) is 24.5 Å². The molecule has 0 saturated carbocycles. The molecule has 0 spiro atoms. The maximum absolute atomic E-state index is 12.0. The lowest BCUT2D eigenvalue weighted by atomic mass is 10.1. The van der Waals surface area contributed by atoms with E-state index in [4.69, 9.17) is 23.8 Å². The largest absolute Gasteiger partial charge is 0.332 e.